The number of nitrogens with zero attached hydrogens (tertiary/aromatic N) is 3. The van der Waals surface area contributed by atoms with E-state index in [1.807, 2.05) is 67.6 Å². The Labute approximate surface area is 179 Å². The second kappa shape index (κ2) is 9.81. The maximum atomic E-state index is 12.7. The van der Waals surface area contributed by atoms with Crippen LogP contribution in [-0.4, -0.2) is 30.0 Å². The first-order valence-electron chi connectivity index (χ1n) is 9.43. The van der Waals surface area contributed by atoms with Gasteiger partial charge in [-0.2, -0.15) is 5.26 Å². The molecular formula is C23H21N3O3S. The number of aromatic nitrogens is 1. The average molecular weight is 420 g/mol. The van der Waals surface area contributed by atoms with Crippen LogP contribution < -0.4 is 4.90 Å². The minimum atomic E-state index is -0.579. The van der Waals surface area contributed by atoms with Crippen molar-refractivity contribution in [1.82, 2.24) is 4.98 Å². The first-order chi connectivity index (χ1) is 14.5. The maximum absolute atomic E-state index is 12.7. The van der Waals surface area contributed by atoms with Crippen LogP contribution in [0.1, 0.15) is 27.3 Å². The number of anilines is 1. The number of benzene rings is 2. The average Bonchev–Trinajstić information content (AvgIpc) is 3.16. The molecule has 0 bridgehead atoms. The number of hydrogen-bond acceptors (Lipinski definition) is 6. The van der Waals surface area contributed by atoms with Gasteiger partial charge in [0.05, 0.1) is 18.2 Å². The standard InChI is InChI=1S/C23H21N3O3S/c1-16-9-11-19(12-10-16)26(14-6-13-24)20(27)15-29-23(28)21-17(2)25-22(30-21)18-7-4-3-5-8-18/h3-5,7-12H,6,14-15H2,1-2H3. The molecule has 30 heavy (non-hydrogen) atoms. The van der Waals surface area contributed by atoms with Gasteiger partial charge in [0.1, 0.15) is 9.88 Å². The summed E-state index contributed by atoms with van der Waals surface area (Å²) in [6.45, 7) is 3.52. The highest BCUT2D eigenvalue weighted by atomic mass is 32.1. The highest BCUT2D eigenvalue weighted by Crippen LogP contribution is 2.28. The van der Waals surface area contributed by atoms with Gasteiger partial charge < -0.3 is 9.64 Å². The molecule has 152 valence electrons. The third-order valence-corrected chi connectivity index (χ3v) is 5.61. The second-order valence-electron chi connectivity index (χ2n) is 6.66. The lowest BCUT2D eigenvalue weighted by atomic mass is 10.2. The predicted molar refractivity (Wildman–Crippen MR) is 116 cm³/mol. The Hall–Kier alpha value is -3.50. The smallest absolute Gasteiger partial charge is 0.350 e. The minimum absolute atomic E-state index is 0.182. The van der Waals surface area contributed by atoms with E-state index in [2.05, 4.69) is 4.98 Å². The van der Waals surface area contributed by atoms with Gasteiger partial charge >= 0.3 is 5.97 Å². The summed E-state index contributed by atoms with van der Waals surface area (Å²) in [6.07, 6.45) is 0.182. The van der Waals surface area contributed by atoms with Crippen LogP contribution in [-0.2, 0) is 9.53 Å². The van der Waals surface area contributed by atoms with E-state index in [4.69, 9.17) is 10.00 Å². The lowest BCUT2D eigenvalue weighted by Gasteiger charge is -2.21. The van der Waals surface area contributed by atoms with Gasteiger partial charge in [0, 0.05) is 17.8 Å². The minimum Gasteiger partial charge on any atom is -0.451 e. The molecule has 0 aliphatic carbocycles. The summed E-state index contributed by atoms with van der Waals surface area (Å²) in [4.78, 5) is 31.6. The Bertz CT molecular complexity index is 1070. The number of esters is 1. The third kappa shape index (κ3) is 5.10. The molecular weight excluding hydrogens is 398 g/mol. The van der Waals surface area contributed by atoms with E-state index >= 15 is 0 Å². The van der Waals surface area contributed by atoms with Crippen molar-refractivity contribution in [2.24, 2.45) is 0 Å². The fourth-order valence-electron chi connectivity index (χ4n) is 2.85. The van der Waals surface area contributed by atoms with Crippen LogP contribution in [0.4, 0.5) is 5.69 Å². The van der Waals surface area contributed by atoms with Gasteiger partial charge in [-0.3, -0.25) is 4.79 Å². The normalized spacial score (nSPS) is 10.3. The van der Waals surface area contributed by atoms with E-state index in [-0.39, 0.29) is 18.9 Å². The lowest BCUT2D eigenvalue weighted by molar-refractivity contribution is -0.121. The van der Waals surface area contributed by atoms with Crippen molar-refractivity contribution in [3.05, 3.63) is 70.7 Å². The zero-order valence-corrected chi connectivity index (χ0v) is 17.6. The molecule has 0 fully saturated rings. The number of nitriles is 1. The van der Waals surface area contributed by atoms with Gasteiger partial charge in [-0.15, -0.1) is 11.3 Å². The number of amides is 1. The third-order valence-electron chi connectivity index (χ3n) is 4.42. The van der Waals surface area contributed by atoms with Gasteiger partial charge in [0.15, 0.2) is 6.61 Å². The zero-order valence-electron chi connectivity index (χ0n) is 16.8. The summed E-state index contributed by atoms with van der Waals surface area (Å²) in [5.74, 6) is -0.961. The molecule has 6 nitrogen and oxygen atoms in total. The van der Waals surface area contributed by atoms with Crippen LogP contribution in [0.25, 0.3) is 10.6 Å². The Morgan fingerprint density at radius 3 is 2.47 bits per heavy atom. The molecule has 0 atom stereocenters. The van der Waals surface area contributed by atoms with Crippen molar-refractivity contribution < 1.29 is 14.3 Å². The Morgan fingerprint density at radius 1 is 1.10 bits per heavy atom. The molecule has 0 unspecified atom stereocenters. The van der Waals surface area contributed by atoms with Gasteiger partial charge in [0.25, 0.3) is 5.91 Å². The van der Waals surface area contributed by atoms with E-state index in [0.717, 1.165) is 16.1 Å². The number of hydrogen-bond donors (Lipinski definition) is 0. The van der Waals surface area contributed by atoms with E-state index in [0.29, 0.717) is 16.3 Å². The van der Waals surface area contributed by atoms with Crippen molar-refractivity contribution in [3.63, 3.8) is 0 Å². The summed E-state index contributed by atoms with van der Waals surface area (Å²) in [5, 5.41) is 9.63. The summed E-state index contributed by atoms with van der Waals surface area (Å²) >= 11 is 1.24. The monoisotopic (exact) mass is 419 g/mol. The molecule has 0 saturated carbocycles. The van der Waals surface area contributed by atoms with Crippen molar-refractivity contribution in [2.45, 2.75) is 20.3 Å². The molecule has 0 N–H and O–H groups in total. The largest absolute Gasteiger partial charge is 0.451 e. The molecule has 1 aromatic heterocycles. The van der Waals surface area contributed by atoms with Crippen LogP contribution in [0.15, 0.2) is 54.6 Å². The molecule has 0 aliphatic heterocycles. The van der Waals surface area contributed by atoms with E-state index < -0.39 is 12.6 Å². The Balaban J connectivity index is 1.69. The van der Waals surface area contributed by atoms with Crippen LogP contribution >= 0.6 is 11.3 Å². The fourth-order valence-corrected chi connectivity index (χ4v) is 3.81. The molecule has 2 aromatic carbocycles. The SMILES string of the molecule is Cc1ccc(N(CCC#N)C(=O)COC(=O)c2sc(-c3ccccc3)nc2C)cc1. The number of ether oxygens (including phenoxy) is 1. The number of carbonyl (C=O) groups excluding carboxylic acids is 2. The van der Waals surface area contributed by atoms with Crippen molar-refractivity contribution in [1.29, 1.82) is 5.26 Å². The van der Waals surface area contributed by atoms with Gasteiger partial charge in [0.2, 0.25) is 0 Å². The molecule has 3 aromatic rings. The maximum Gasteiger partial charge on any atom is 0.350 e. The van der Waals surface area contributed by atoms with Crippen molar-refractivity contribution in [2.75, 3.05) is 18.1 Å². The van der Waals surface area contributed by atoms with Crippen LogP contribution in [0.3, 0.4) is 0 Å². The topological polar surface area (TPSA) is 83.3 Å². The first-order valence-corrected chi connectivity index (χ1v) is 10.2. The van der Waals surface area contributed by atoms with Crippen molar-refractivity contribution >= 4 is 28.9 Å². The first kappa shape index (κ1) is 21.2. The van der Waals surface area contributed by atoms with E-state index in [9.17, 15) is 9.59 Å². The van der Waals surface area contributed by atoms with E-state index in [1.54, 1.807) is 6.92 Å². The summed E-state index contributed by atoms with van der Waals surface area (Å²) in [7, 11) is 0. The van der Waals surface area contributed by atoms with Gasteiger partial charge in [-0.25, -0.2) is 9.78 Å². The molecule has 0 aliphatic rings. The summed E-state index contributed by atoms with van der Waals surface area (Å²) in [6, 6.07) is 19.0. The summed E-state index contributed by atoms with van der Waals surface area (Å²) < 4.78 is 5.28. The molecule has 0 saturated heterocycles. The van der Waals surface area contributed by atoms with Gasteiger partial charge in [-0.05, 0) is 26.0 Å². The number of aryl methyl sites for hydroxylation is 2. The number of thiazole rings is 1. The molecule has 0 radical (unpaired) electrons. The zero-order chi connectivity index (χ0) is 21.5. The second-order valence-corrected chi connectivity index (χ2v) is 7.66. The Morgan fingerprint density at radius 2 is 1.80 bits per heavy atom. The Kier molecular flexibility index (Phi) is 6.94. The number of carbonyl (C=O) groups is 2. The quantitative estimate of drug-likeness (QED) is 0.526. The van der Waals surface area contributed by atoms with Gasteiger partial charge in [-0.1, -0.05) is 48.0 Å². The highest BCUT2D eigenvalue weighted by molar-refractivity contribution is 7.17. The fraction of sp³-hybridized carbons (Fsp3) is 0.217. The van der Waals surface area contributed by atoms with E-state index in [1.165, 1.54) is 16.2 Å². The molecule has 3 rings (SSSR count). The van der Waals surface area contributed by atoms with Crippen molar-refractivity contribution in [3.8, 4) is 16.6 Å². The lowest BCUT2D eigenvalue weighted by Crippen LogP contribution is -2.35. The highest BCUT2D eigenvalue weighted by Gasteiger charge is 2.21. The molecule has 7 heteroatoms. The molecule has 1 amide bonds. The van der Waals surface area contributed by atoms with Crippen LogP contribution in [0.2, 0.25) is 0 Å². The van der Waals surface area contributed by atoms with Crippen LogP contribution in [0.5, 0.6) is 0 Å². The number of rotatable bonds is 7. The molecule has 1 heterocycles. The summed E-state index contributed by atoms with van der Waals surface area (Å²) in [5.41, 5.74) is 3.21. The molecule has 0 spiro atoms. The predicted octanol–water partition coefficient (Wildman–Crippen LogP) is 4.53. The van der Waals surface area contributed by atoms with Crippen LogP contribution in [0, 0.1) is 25.2 Å².